The molecule has 4 nitrogen and oxygen atoms in total. The van der Waals surface area contributed by atoms with Crippen LogP contribution in [-0.4, -0.2) is 17.3 Å². The summed E-state index contributed by atoms with van der Waals surface area (Å²) in [5, 5.41) is 6.30. The van der Waals surface area contributed by atoms with Gasteiger partial charge in [0.15, 0.2) is 0 Å². The normalized spacial score (nSPS) is 14.1. The van der Waals surface area contributed by atoms with Crippen molar-refractivity contribution in [2.24, 2.45) is 4.99 Å². The van der Waals surface area contributed by atoms with Crippen LogP contribution >= 0.6 is 0 Å². The third kappa shape index (κ3) is 5.06. The van der Waals surface area contributed by atoms with Gasteiger partial charge in [-0.15, -0.1) is 0 Å². The standard InChI is InChI=1S/C45H34N4/c1-48-42-24-14-12-22-39(42)47-44(32-17-7-3-8-18-32)45(48)33-25-27-34(28-26-33)46-40-30-43-38(29-37(40)31-15-5-2-6-16-31)36-21-11-13-23-41(36)49(43)35-19-9-4-10-20-35/h2-30,45-46H,1H3. The zero-order valence-electron chi connectivity index (χ0n) is 27.2. The highest BCUT2D eigenvalue weighted by molar-refractivity contribution is 6.13. The van der Waals surface area contributed by atoms with E-state index in [2.05, 4.69) is 198 Å². The molecule has 234 valence electrons. The van der Waals surface area contributed by atoms with Gasteiger partial charge in [0.25, 0.3) is 0 Å². The van der Waals surface area contributed by atoms with Gasteiger partial charge in [0.1, 0.15) is 0 Å². The first-order chi connectivity index (χ1) is 24.2. The zero-order chi connectivity index (χ0) is 32.7. The molecule has 4 heteroatoms. The van der Waals surface area contributed by atoms with Crippen LogP contribution in [0.5, 0.6) is 0 Å². The fourth-order valence-electron chi connectivity index (χ4n) is 7.32. The zero-order valence-corrected chi connectivity index (χ0v) is 27.2. The lowest BCUT2D eigenvalue weighted by Gasteiger charge is -2.36. The van der Waals surface area contributed by atoms with Gasteiger partial charge in [0.2, 0.25) is 0 Å². The van der Waals surface area contributed by atoms with Crippen molar-refractivity contribution in [3.63, 3.8) is 0 Å². The van der Waals surface area contributed by atoms with Crippen LogP contribution in [0.2, 0.25) is 0 Å². The lowest BCUT2D eigenvalue weighted by atomic mass is 9.92. The van der Waals surface area contributed by atoms with Crippen LogP contribution in [0.15, 0.2) is 181 Å². The van der Waals surface area contributed by atoms with E-state index in [1.165, 1.54) is 27.4 Å². The number of rotatable bonds is 6. The molecule has 0 saturated heterocycles. The molecule has 0 saturated carbocycles. The molecule has 7 aromatic carbocycles. The number of hydrogen-bond acceptors (Lipinski definition) is 3. The molecule has 0 spiro atoms. The van der Waals surface area contributed by atoms with Crippen molar-refractivity contribution in [3.05, 3.63) is 187 Å². The van der Waals surface area contributed by atoms with Gasteiger partial charge in [0.05, 0.1) is 34.2 Å². The van der Waals surface area contributed by atoms with Gasteiger partial charge in [-0.1, -0.05) is 121 Å². The van der Waals surface area contributed by atoms with E-state index in [0.29, 0.717) is 0 Å². The van der Waals surface area contributed by atoms with Crippen LogP contribution in [0.25, 0.3) is 38.6 Å². The molecule has 0 radical (unpaired) electrons. The van der Waals surface area contributed by atoms with Crippen molar-refractivity contribution in [2.45, 2.75) is 6.04 Å². The first kappa shape index (κ1) is 28.8. The number of fused-ring (bicyclic) bond motifs is 4. The fraction of sp³-hybridized carbons (Fsp3) is 0.0444. The van der Waals surface area contributed by atoms with Gasteiger partial charge in [-0.3, -0.25) is 0 Å². The number of aliphatic imine (C=N–C) groups is 1. The predicted molar refractivity (Wildman–Crippen MR) is 206 cm³/mol. The first-order valence-corrected chi connectivity index (χ1v) is 16.7. The molecule has 9 rings (SSSR count). The lowest BCUT2D eigenvalue weighted by Crippen LogP contribution is -2.33. The monoisotopic (exact) mass is 630 g/mol. The van der Waals surface area contributed by atoms with Gasteiger partial charge in [0, 0.05) is 40.4 Å². The maximum atomic E-state index is 5.20. The Labute approximate surface area is 286 Å². The van der Waals surface area contributed by atoms with Gasteiger partial charge in [-0.25, -0.2) is 4.99 Å². The van der Waals surface area contributed by atoms with E-state index in [4.69, 9.17) is 4.99 Å². The number of aromatic nitrogens is 1. The minimum Gasteiger partial charge on any atom is -0.360 e. The number of nitrogens with zero attached hydrogens (tertiary/aromatic N) is 3. The molecule has 2 heterocycles. The Hall–Kier alpha value is -6.39. The van der Waals surface area contributed by atoms with Crippen molar-refractivity contribution in [2.75, 3.05) is 17.3 Å². The molecule has 49 heavy (non-hydrogen) atoms. The summed E-state index contributed by atoms with van der Waals surface area (Å²) in [6, 6.07) is 62.4. The largest absolute Gasteiger partial charge is 0.360 e. The second kappa shape index (κ2) is 12.0. The van der Waals surface area contributed by atoms with Crippen LogP contribution in [0.3, 0.4) is 0 Å². The average molecular weight is 631 g/mol. The SMILES string of the molecule is CN1c2ccccc2N=C(c2ccccc2)C1c1ccc(Nc2cc3c(cc2-c2ccccc2)c2ccccc2n3-c2ccccc2)cc1. The average Bonchev–Trinajstić information content (AvgIpc) is 3.49. The maximum Gasteiger partial charge on any atom is 0.0970 e. The Morgan fingerprint density at radius 3 is 1.94 bits per heavy atom. The number of anilines is 3. The second-order valence-electron chi connectivity index (χ2n) is 12.6. The minimum absolute atomic E-state index is 0.0239. The Balaban J connectivity index is 1.15. The predicted octanol–water partition coefficient (Wildman–Crippen LogP) is 11.5. The number of para-hydroxylation sites is 4. The van der Waals surface area contributed by atoms with Crippen molar-refractivity contribution >= 4 is 50.3 Å². The highest BCUT2D eigenvalue weighted by Gasteiger charge is 2.30. The summed E-state index contributed by atoms with van der Waals surface area (Å²) in [4.78, 5) is 7.54. The topological polar surface area (TPSA) is 32.6 Å². The smallest absolute Gasteiger partial charge is 0.0970 e. The summed E-state index contributed by atoms with van der Waals surface area (Å²) in [5.41, 5.74) is 13.4. The van der Waals surface area contributed by atoms with E-state index in [1.54, 1.807) is 0 Å². The van der Waals surface area contributed by atoms with E-state index in [-0.39, 0.29) is 6.04 Å². The molecule has 0 amide bonds. The summed E-state index contributed by atoms with van der Waals surface area (Å²) in [6.45, 7) is 0. The van der Waals surface area contributed by atoms with E-state index in [0.717, 1.165) is 50.8 Å². The molecule has 8 aromatic rings. The van der Waals surface area contributed by atoms with Crippen LogP contribution in [0.1, 0.15) is 17.2 Å². The molecule has 1 N–H and O–H groups in total. The summed E-state index contributed by atoms with van der Waals surface area (Å²) in [6.07, 6.45) is 0. The lowest BCUT2D eigenvalue weighted by molar-refractivity contribution is 0.836. The van der Waals surface area contributed by atoms with E-state index in [9.17, 15) is 0 Å². The molecule has 1 unspecified atom stereocenters. The number of nitrogens with one attached hydrogen (secondary N) is 1. The summed E-state index contributed by atoms with van der Waals surface area (Å²) in [7, 11) is 2.17. The number of likely N-dealkylation sites (N-methyl/N-ethyl adjacent to an activating group) is 1. The Bertz CT molecular complexity index is 2460. The highest BCUT2D eigenvalue weighted by Crippen LogP contribution is 2.42. The summed E-state index contributed by atoms with van der Waals surface area (Å²) >= 11 is 0. The van der Waals surface area contributed by atoms with Crippen molar-refractivity contribution in [1.29, 1.82) is 0 Å². The van der Waals surface area contributed by atoms with E-state index >= 15 is 0 Å². The number of hydrogen-bond donors (Lipinski definition) is 1. The molecule has 0 bridgehead atoms. The van der Waals surface area contributed by atoms with Gasteiger partial charge < -0.3 is 14.8 Å². The van der Waals surface area contributed by atoms with Crippen LogP contribution in [0, 0.1) is 0 Å². The highest BCUT2D eigenvalue weighted by atomic mass is 15.2. The van der Waals surface area contributed by atoms with Crippen LogP contribution in [0.4, 0.5) is 22.7 Å². The summed E-state index contributed by atoms with van der Waals surface area (Å²) in [5.74, 6) is 0. The van der Waals surface area contributed by atoms with Gasteiger partial charge in [-0.05, 0) is 71.3 Å². The number of benzene rings is 7. The van der Waals surface area contributed by atoms with E-state index < -0.39 is 0 Å². The third-order valence-electron chi connectivity index (χ3n) is 9.63. The van der Waals surface area contributed by atoms with Crippen LogP contribution in [-0.2, 0) is 0 Å². The first-order valence-electron chi connectivity index (χ1n) is 16.7. The Morgan fingerprint density at radius 1 is 0.551 bits per heavy atom. The molecule has 1 aliphatic rings. The quantitative estimate of drug-likeness (QED) is 0.198. The van der Waals surface area contributed by atoms with Gasteiger partial charge >= 0.3 is 0 Å². The summed E-state index contributed by atoms with van der Waals surface area (Å²) < 4.78 is 2.37. The molecule has 0 fully saturated rings. The third-order valence-corrected chi connectivity index (χ3v) is 9.63. The molecule has 1 aromatic heterocycles. The molecular formula is C45H34N4. The Kier molecular flexibility index (Phi) is 7.06. The van der Waals surface area contributed by atoms with Crippen molar-refractivity contribution < 1.29 is 0 Å². The van der Waals surface area contributed by atoms with Crippen LogP contribution < -0.4 is 10.2 Å². The Morgan fingerprint density at radius 2 is 1.18 bits per heavy atom. The van der Waals surface area contributed by atoms with Gasteiger partial charge in [-0.2, -0.15) is 0 Å². The maximum absolute atomic E-state index is 5.20. The minimum atomic E-state index is -0.0239. The second-order valence-corrected chi connectivity index (χ2v) is 12.6. The molecular weight excluding hydrogens is 597 g/mol. The molecule has 1 aliphatic heterocycles. The molecule has 1 atom stereocenters. The molecule has 0 aliphatic carbocycles. The fourth-order valence-corrected chi connectivity index (χ4v) is 7.32. The van der Waals surface area contributed by atoms with Crippen molar-refractivity contribution in [3.8, 4) is 16.8 Å². The van der Waals surface area contributed by atoms with E-state index in [1.807, 2.05) is 0 Å². The van der Waals surface area contributed by atoms with Crippen molar-refractivity contribution in [1.82, 2.24) is 4.57 Å².